The zero-order chi connectivity index (χ0) is 15.1. The van der Waals surface area contributed by atoms with Gasteiger partial charge in [0.2, 0.25) is 0 Å². The van der Waals surface area contributed by atoms with Gasteiger partial charge in [-0.25, -0.2) is 9.18 Å². The number of esters is 1. The van der Waals surface area contributed by atoms with Gasteiger partial charge in [-0.15, -0.1) is 0 Å². The van der Waals surface area contributed by atoms with E-state index < -0.39 is 18.5 Å². The first-order chi connectivity index (χ1) is 10.1. The number of carbonyl (C=O) groups is 2. The van der Waals surface area contributed by atoms with E-state index in [0.29, 0.717) is 5.56 Å². The molecule has 2 aromatic rings. The molecule has 0 bridgehead atoms. The first kappa shape index (κ1) is 14.4. The molecule has 0 aliphatic carbocycles. The van der Waals surface area contributed by atoms with Crippen molar-refractivity contribution in [2.45, 2.75) is 0 Å². The Bertz CT molecular complexity index is 636. The number of anilines is 1. The van der Waals surface area contributed by atoms with E-state index in [0.717, 1.165) is 6.08 Å². The maximum absolute atomic E-state index is 12.7. The summed E-state index contributed by atoms with van der Waals surface area (Å²) in [4.78, 5) is 22.8. The van der Waals surface area contributed by atoms with Crippen LogP contribution in [0, 0.1) is 5.82 Å². The Morgan fingerprint density at radius 3 is 2.71 bits per heavy atom. The second-order valence-corrected chi connectivity index (χ2v) is 3.93. The van der Waals surface area contributed by atoms with E-state index in [1.165, 1.54) is 42.7 Å². The van der Waals surface area contributed by atoms with Crippen molar-refractivity contribution in [3.63, 3.8) is 0 Å². The van der Waals surface area contributed by atoms with Crippen LogP contribution < -0.4 is 5.32 Å². The fourth-order valence-corrected chi connectivity index (χ4v) is 1.38. The van der Waals surface area contributed by atoms with Gasteiger partial charge in [-0.2, -0.15) is 0 Å². The SMILES string of the molecule is O=C(COC(=O)/C=C/c1ccc(F)cc1)Nc1ccon1. The topological polar surface area (TPSA) is 81.4 Å². The van der Waals surface area contributed by atoms with E-state index in [4.69, 9.17) is 4.74 Å². The molecule has 1 aromatic carbocycles. The molecule has 1 amide bonds. The Morgan fingerprint density at radius 1 is 1.29 bits per heavy atom. The highest BCUT2D eigenvalue weighted by Crippen LogP contribution is 2.05. The number of benzene rings is 1. The summed E-state index contributed by atoms with van der Waals surface area (Å²) in [5.41, 5.74) is 0.639. The van der Waals surface area contributed by atoms with Crippen molar-refractivity contribution in [1.29, 1.82) is 0 Å². The summed E-state index contributed by atoms with van der Waals surface area (Å²) in [6.45, 7) is -0.445. The lowest BCUT2D eigenvalue weighted by Crippen LogP contribution is -2.20. The smallest absolute Gasteiger partial charge is 0.331 e. The molecule has 0 atom stereocenters. The lowest BCUT2D eigenvalue weighted by atomic mass is 10.2. The first-order valence-corrected chi connectivity index (χ1v) is 5.94. The Kier molecular flexibility index (Phi) is 4.81. The van der Waals surface area contributed by atoms with E-state index in [1.807, 2.05) is 0 Å². The van der Waals surface area contributed by atoms with Gasteiger partial charge in [-0.05, 0) is 23.8 Å². The van der Waals surface area contributed by atoms with Crippen LogP contribution in [0.1, 0.15) is 5.56 Å². The van der Waals surface area contributed by atoms with Crippen molar-refractivity contribution >= 4 is 23.8 Å². The number of amides is 1. The minimum atomic E-state index is -0.686. The molecule has 108 valence electrons. The number of hydrogen-bond acceptors (Lipinski definition) is 5. The second-order valence-electron chi connectivity index (χ2n) is 3.93. The molecule has 1 N–H and O–H groups in total. The maximum Gasteiger partial charge on any atom is 0.331 e. The molecule has 1 aromatic heterocycles. The summed E-state index contributed by atoms with van der Waals surface area (Å²) >= 11 is 0. The number of nitrogens with one attached hydrogen (secondary N) is 1. The Balaban J connectivity index is 1.76. The zero-order valence-electron chi connectivity index (χ0n) is 10.8. The fraction of sp³-hybridized carbons (Fsp3) is 0.0714. The summed E-state index contributed by atoms with van der Waals surface area (Å²) in [6.07, 6.45) is 3.90. The molecule has 7 heteroatoms. The Hall–Kier alpha value is -2.96. The minimum Gasteiger partial charge on any atom is -0.452 e. The largest absolute Gasteiger partial charge is 0.452 e. The summed E-state index contributed by atoms with van der Waals surface area (Å²) in [5.74, 6) is -1.35. The minimum absolute atomic E-state index is 0.234. The van der Waals surface area contributed by atoms with Crippen LogP contribution in [-0.4, -0.2) is 23.6 Å². The molecule has 6 nitrogen and oxygen atoms in total. The molecular weight excluding hydrogens is 279 g/mol. The molecule has 0 fully saturated rings. The molecule has 0 saturated carbocycles. The van der Waals surface area contributed by atoms with Gasteiger partial charge in [-0.1, -0.05) is 17.3 Å². The standard InChI is InChI=1S/C14H11FN2O4/c15-11-4-1-10(2-5-11)3-6-14(19)20-9-13(18)16-12-7-8-21-17-12/h1-8H,9H2,(H,16,17,18)/b6-3+. The Morgan fingerprint density at radius 2 is 2.05 bits per heavy atom. The van der Waals surface area contributed by atoms with Crippen molar-refractivity contribution < 1.29 is 23.2 Å². The van der Waals surface area contributed by atoms with Crippen LogP contribution in [0.15, 0.2) is 47.2 Å². The lowest BCUT2D eigenvalue weighted by Gasteiger charge is -2.01. The molecular formula is C14H11FN2O4. The lowest BCUT2D eigenvalue weighted by molar-refractivity contribution is -0.142. The van der Waals surface area contributed by atoms with Crippen LogP contribution in [0.3, 0.4) is 0 Å². The molecule has 0 aliphatic rings. The van der Waals surface area contributed by atoms with Gasteiger partial charge in [0.25, 0.3) is 5.91 Å². The van der Waals surface area contributed by atoms with Crippen LogP contribution in [0.5, 0.6) is 0 Å². The average Bonchev–Trinajstić information content (AvgIpc) is 2.97. The summed E-state index contributed by atoms with van der Waals surface area (Å²) in [5, 5.41) is 5.84. The van der Waals surface area contributed by atoms with Gasteiger partial charge in [0.05, 0.1) is 0 Å². The van der Waals surface area contributed by atoms with Crippen LogP contribution in [0.25, 0.3) is 6.08 Å². The molecule has 0 spiro atoms. The normalized spacial score (nSPS) is 10.5. The molecule has 0 saturated heterocycles. The van der Waals surface area contributed by atoms with E-state index in [2.05, 4.69) is 15.0 Å². The van der Waals surface area contributed by atoms with E-state index >= 15 is 0 Å². The van der Waals surface area contributed by atoms with E-state index in [9.17, 15) is 14.0 Å². The molecule has 21 heavy (non-hydrogen) atoms. The molecule has 0 radical (unpaired) electrons. The maximum atomic E-state index is 12.7. The number of hydrogen-bond donors (Lipinski definition) is 1. The number of nitrogens with zero attached hydrogens (tertiary/aromatic N) is 1. The summed E-state index contributed by atoms with van der Waals surface area (Å²) in [6, 6.07) is 7.02. The predicted octanol–water partition coefficient (Wildman–Crippen LogP) is 2.01. The van der Waals surface area contributed by atoms with E-state index in [1.54, 1.807) is 0 Å². The van der Waals surface area contributed by atoms with Gasteiger partial charge < -0.3 is 14.6 Å². The van der Waals surface area contributed by atoms with Gasteiger partial charge >= 0.3 is 5.97 Å². The quantitative estimate of drug-likeness (QED) is 0.673. The van der Waals surface area contributed by atoms with Gasteiger partial charge in [0.1, 0.15) is 12.1 Å². The number of aromatic nitrogens is 1. The van der Waals surface area contributed by atoms with Gasteiger partial charge in [0.15, 0.2) is 12.4 Å². The van der Waals surface area contributed by atoms with Crippen molar-refractivity contribution in [3.05, 3.63) is 54.1 Å². The van der Waals surface area contributed by atoms with Gasteiger partial charge in [0, 0.05) is 12.1 Å². The van der Waals surface area contributed by atoms with Gasteiger partial charge in [-0.3, -0.25) is 4.79 Å². The van der Waals surface area contributed by atoms with Crippen LogP contribution in [0.2, 0.25) is 0 Å². The number of carbonyl (C=O) groups excluding carboxylic acids is 2. The highest BCUT2D eigenvalue weighted by atomic mass is 19.1. The van der Waals surface area contributed by atoms with Crippen LogP contribution in [0.4, 0.5) is 10.2 Å². The third-order valence-electron chi connectivity index (χ3n) is 2.33. The molecule has 0 unspecified atom stereocenters. The highest BCUT2D eigenvalue weighted by molar-refractivity contribution is 5.93. The van der Waals surface area contributed by atoms with Crippen molar-refractivity contribution in [1.82, 2.24) is 5.16 Å². The first-order valence-electron chi connectivity index (χ1n) is 5.94. The highest BCUT2D eigenvalue weighted by Gasteiger charge is 2.07. The number of rotatable bonds is 5. The third kappa shape index (κ3) is 4.90. The number of ether oxygens (including phenoxy) is 1. The van der Waals surface area contributed by atoms with E-state index in [-0.39, 0.29) is 11.6 Å². The van der Waals surface area contributed by atoms with Crippen molar-refractivity contribution in [3.8, 4) is 0 Å². The monoisotopic (exact) mass is 290 g/mol. The fourth-order valence-electron chi connectivity index (χ4n) is 1.38. The number of halogens is 1. The third-order valence-corrected chi connectivity index (χ3v) is 2.33. The molecule has 0 aliphatic heterocycles. The second kappa shape index (κ2) is 6.99. The molecule has 1 heterocycles. The van der Waals surface area contributed by atoms with Crippen LogP contribution in [-0.2, 0) is 14.3 Å². The summed E-state index contributed by atoms with van der Waals surface area (Å²) < 4.78 is 21.9. The summed E-state index contributed by atoms with van der Waals surface area (Å²) in [7, 11) is 0. The zero-order valence-corrected chi connectivity index (χ0v) is 10.8. The predicted molar refractivity (Wildman–Crippen MR) is 71.5 cm³/mol. The van der Waals surface area contributed by atoms with Crippen molar-refractivity contribution in [2.75, 3.05) is 11.9 Å². The van der Waals surface area contributed by atoms with Crippen molar-refractivity contribution in [2.24, 2.45) is 0 Å². The average molecular weight is 290 g/mol. The van der Waals surface area contributed by atoms with Crippen LogP contribution >= 0.6 is 0 Å². The Labute approximate surface area is 119 Å². The molecule has 2 rings (SSSR count).